The van der Waals surface area contributed by atoms with Crippen LogP contribution in [0.15, 0.2) is 61.6 Å². The van der Waals surface area contributed by atoms with Crippen molar-refractivity contribution in [2.75, 3.05) is 31.1 Å². The molecule has 5 aromatic rings. The maximum Gasteiger partial charge on any atom is 0.265 e. The van der Waals surface area contributed by atoms with Crippen LogP contribution in [-0.4, -0.2) is 71.1 Å². The topological polar surface area (TPSA) is 97.3 Å². The normalized spacial score (nSPS) is 14.1. The van der Waals surface area contributed by atoms with Gasteiger partial charge in [-0.05, 0) is 6.92 Å². The van der Waals surface area contributed by atoms with Crippen molar-refractivity contribution in [3.8, 4) is 17.1 Å². The summed E-state index contributed by atoms with van der Waals surface area (Å²) < 4.78 is 3.62. The Labute approximate surface area is 199 Å². The van der Waals surface area contributed by atoms with Crippen molar-refractivity contribution in [3.05, 3.63) is 72.1 Å². The molecule has 5 heterocycles. The van der Waals surface area contributed by atoms with Gasteiger partial charge in [-0.3, -0.25) is 9.20 Å². The van der Waals surface area contributed by atoms with Crippen molar-refractivity contribution < 1.29 is 4.79 Å². The zero-order valence-electron chi connectivity index (χ0n) is 18.4. The number of thiazole rings is 1. The molecule has 10 nitrogen and oxygen atoms in total. The van der Waals surface area contributed by atoms with Gasteiger partial charge >= 0.3 is 0 Å². The number of benzene rings is 1. The van der Waals surface area contributed by atoms with Crippen molar-refractivity contribution in [1.29, 1.82) is 0 Å². The number of piperazine rings is 1. The molecule has 0 saturated carbocycles. The zero-order chi connectivity index (χ0) is 23.1. The summed E-state index contributed by atoms with van der Waals surface area (Å²) in [6.45, 7) is 4.61. The number of carbonyl (C=O) groups is 1. The van der Waals surface area contributed by atoms with E-state index in [-0.39, 0.29) is 5.91 Å². The number of aromatic nitrogens is 7. The van der Waals surface area contributed by atoms with Gasteiger partial charge in [0.05, 0.1) is 5.69 Å². The summed E-state index contributed by atoms with van der Waals surface area (Å²) in [4.78, 5) is 36.4. The predicted molar refractivity (Wildman–Crippen MR) is 128 cm³/mol. The lowest BCUT2D eigenvalue weighted by atomic mass is 10.2. The highest BCUT2D eigenvalue weighted by Crippen LogP contribution is 2.28. The van der Waals surface area contributed by atoms with Gasteiger partial charge in [-0.2, -0.15) is 5.10 Å². The first-order valence-electron chi connectivity index (χ1n) is 10.9. The first kappa shape index (κ1) is 20.5. The molecule has 1 aliphatic rings. The third-order valence-corrected chi connectivity index (χ3v) is 7.15. The van der Waals surface area contributed by atoms with Crippen molar-refractivity contribution in [2.24, 2.45) is 0 Å². The second kappa shape index (κ2) is 8.34. The summed E-state index contributed by atoms with van der Waals surface area (Å²) in [6, 6.07) is 12.0. The lowest BCUT2D eigenvalue weighted by Gasteiger charge is -2.35. The molecule has 0 atom stereocenters. The highest BCUT2D eigenvalue weighted by Gasteiger charge is 2.27. The van der Waals surface area contributed by atoms with Crippen LogP contribution < -0.4 is 4.90 Å². The minimum atomic E-state index is 0.0555. The smallest absolute Gasteiger partial charge is 0.265 e. The number of fused-ring (bicyclic) bond motifs is 1. The van der Waals surface area contributed by atoms with Gasteiger partial charge < -0.3 is 9.80 Å². The van der Waals surface area contributed by atoms with E-state index in [4.69, 9.17) is 4.98 Å². The number of nitrogens with zero attached hydrogens (tertiary/aromatic N) is 9. The number of imidazole rings is 1. The third-order valence-electron chi connectivity index (χ3n) is 6.00. The summed E-state index contributed by atoms with van der Waals surface area (Å²) >= 11 is 1.45. The minimum Gasteiger partial charge on any atom is -0.353 e. The Morgan fingerprint density at radius 2 is 1.79 bits per heavy atom. The maximum atomic E-state index is 13.3. The second-order valence-corrected chi connectivity index (χ2v) is 8.99. The molecule has 1 aliphatic heterocycles. The Balaban J connectivity index is 1.17. The summed E-state index contributed by atoms with van der Waals surface area (Å²) in [6.07, 6.45) is 6.61. The number of carbonyl (C=O) groups excluding carboxylic acids is 1. The predicted octanol–water partition coefficient (Wildman–Crippen LogP) is 2.70. The number of anilines is 1. The number of hydrogen-bond acceptors (Lipinski definition) is 8. The van der Waals surface area contributed by atoms with Crippen LogP contribution in [-0.2, 0) is 0 Å². The molecule has 1 aromatic carbocycles. The molecule has 0 radical (unpaired) electrons. The number of rotatable bonds is 4. The fourth-order valence-corrected chi connectivity index (χ4v) is 5.22. The largest absolute Gasteiger partial charge is 0.353 e. The number of aryl methyl sites for hydroxylation is 1. The molecule has 0 aliphatic carbocycles. The molecule has 0 N–H and O–H groups in total. The van der Waals surface area contributed by atoms with Crippen LogP contribution in [0.5, 0.6) is 0 Å². The van der Waals surface area contributed by atoms with Crippen molar-refractivity contribution in [2.45, 2.75) is 6.92 Å². The summed E-state index contributed by atoms with van der Waals surface area (Å²) in [5.74, 6) is 1.53. The molecular weight excluding hydrogens is 450 g/mol. The zero-order valence-corrected chi connectivity index (χ0v) is 19.3. The second-order valence-electron chi connectivity index (χ2n) is 8.02. The number of hydrogen-bond donors (Lipinski definition) is 0. The molecule has 1 fully saturated rings. The van der Waals surface area contributed by atoms with E-state index in [0.29, 0.717) is 32.0 Å². The van der Waals surface area contributed by atoms with E-state index in [9.17, 15) is 4.79 Å². The van der Waals surface area contributed by atoms with E-state index in [1.165, 1.54) is 24.0 Å². The Hall–Kier alpha value is -4.12. The highest BCUT2D eigenvalue weighted by molar-refractivity contribution is 7.19. The summed E-state index contributed by atoms with van der Waals surface area (Å²) in [5.41, 5.74) is 2.91. The Kier molecular flexibility index (Phi) is 5.02. The Morgan fingerprint density at radius 3 is 2.53 bits per heavy atom. The SMILES string of the molecule is Cc1c(C(=O)N2CCN(c3cc(-n4cncn4)ncn3)CC2)sc2nc(-c3ccccc3)cn12. The Bertz CT molecular complexity index is 1450. The molecule has 170 valence electrons. The van der Waals surface area contributed by atoms with E-state index in [1.807, 2.05) is 58.8 Å². The van der Waals surface area contributed by atoms with Gasteiger partial charge in [-0.1, -0.05) is 41.7 Å². The molecular formula is C23H21N9OS. The Morgan fingerprint density at radius 1 is 1.00 bits per heavy atom. The summed E-state index contributed by atoms with van der Waals surface area (Å²) in [5, 5.41) is 4.12. The van der Waals surface area contributed by atoms with Crippen LogP contribution in [0.3, 0.4) is 0 Å². The third kappa shape index (κ3) is 3.59. The van der Waals surface area contributed by atoms with Crippen LogP contribution in [0, 0.1) is 6.92 Å². The standard InChI is InChI=1S/C23H21N9OS/c1-16-21(34-23-28-18(12-31(16)23)17-5-3-2-4-6-17)22(33)30-9-7-29(8-10-30)19-11-20(26-14-25-19)32-15-24-13-27-32/h2-6,11-15H,7-10H2,1H3. The van der Waals surface area contributed by atoms with Crippen molar-refractivity contribution >= 4 is 28.0 Å². The molecule has 34 heavy (non-hydrogen) atoms. The number of amides is 1. The average Bonchev–Trinajstić information content (AvgIpc) is 3.63. The van der Waals surface area contributed by atoms with Gasteiger partial charge in [-0.25, -0.2) is 24.6 Å². The van der Waals surface area contributed by atoms with Crippen LogP contribution >= 0.6 is 11.3 Å². The minimum absolute atomic E-state index is 0.0555. The van der Waals surface area contributed by atoms with Crippen molar-refractivity contribution in [3.63, 3.8) is 0 Å². The van der Waals surface area contributed by atoms with Gasteiger partial charge in [0, 0.05) is 49.7 Å². The van der Waals surface area contributed by atoms with Crippen LogP contribution in [0.25, 0.3) is 22.0 Å². The van der Waals surface area contributed by atoms with E-state index < -0.39 is 0 Å². The molecule has 1 saturated heterocycles. The molecule has 0 spiro atoms. The van der Waals surface area contributed by atoms with E-state index in [1.54, 1.807) is 11.0 Å². The summed E-state index contributed by atoms with van der Waals surface area (Å²) in [7, 11) is 0. The van der Waals surface area contributed by atoms with E-state index >= 15 is 0 Å². The van der Waals surface area contributed by atoms with Gasteiger partial charge in [0.2, 0.25) is 0 Å². The molecule has 0 bridgehead atoms. The van der Waals surface area contributed by atoms with Gasteiger partial charge in [0.1, 0.15) is 29.7 Å². The molecule has 4 aromatic heterocycles. The van der Waals surface area contributed by atoms with Gasteiger partial charge in [-0.15, -0.1) is 0 Å². The molecule has 1 amide bonds. The quantitative estimate of drug-likeness (QED) is 0.398. The lowest BCUT2D eigenvalue weighted by Crippen LogP contribution is -2.49. The van der Waals surface area contributed by atoms with Gasteiger partial charge in [0.25, 0.3) is 5.91 Å². The maximum absolute atomic E-state index is 13.3. The van der Waals surface area contributed by atoms with E-state index in [2.05, 4.69) is 25.0 Å². The first-order valence-corrected chi connectivity index (χ1v) is 11.7. The van der Waals surface area contributed by atoms with Crippen molar-refractivity contribution in [1.82, 2.24) is 39.0 Å². The average molecular weight is 472 g/mol. The van der Waals surface area contributed by atoms with Gasteiger partial charge in [0.15, 0.2) is 10.8 Å². The monoisotopic (exact) mass is 471 g/mol. The van der Waals surface area contributed by atoms with E-state index in [0.717, 1.165) is 32.6 Å². The fraction of sp³-hybridized carbons (Fsp3) is 0.217. The van der Waals surface area contributed by atoms with Crippen LogP contribution in [0.2, 0.25) is 0 Å². The highest BCUT2D eigenvalue weighted by atomic mass is 32.1. The van der Waals surface area contributed by atoms with Crippen LogP contribution in [0.4, 0.5) is 5.82 Å². The molecule has 0 unspecified atom stereocenters. The lowest BCUT2D eigenvalue weighted by molar-refractivity contribution is 0.0750. The fourth-order valence-electron chi connectivity index (χ4n) is 4.14. The molecule has 6 rings (SSSR count). The molecule has 11 heteroatoms. The van der Waals surface area contributed by atoms with Crippen LogP contribution in [0.1, 0.15) is 15.4 Å². The first-order chi connectivity index (χ1) is 16.7.